The number of hydrogen-bond acceptors (Lipinski definition) is 7. The fraction of sp³-hybridized carbons (Fsp3) is 0.400. The molecule has 0 aliphatic rings. The van der Waals surface area contributed by atoms with E-state index >= 15 is 0 Å². The van der Waals surface area contributed by atoms with Crippen molar-refractivity contribution in [2.45, 2.75) is 32.9 Å². The zero-order chi connectivity index (χ0) is 20.8. The van der Waals surface area contributed by atoms with Crippen LogP contribution in [0.2, 0.25) is 0 Å². The van der Waals surface area contributed by atoms with Crippen molar-refractivity contribution >= 4 is 29.0 Å². The molecule has 0 saturated heterocycles. The van der Waals surface area contributed by atoms with Crippen LogP contribution >= 0.6 is 0 Å². The number of fused-ring (bicyclic) bond motifs is 1. The van der Waals surface area contributed by atoms with E-state index in [9.17, 15) is 4.79 Å². The van der Waals surface area contributed by atoms with Crippen LogP contribution in [0.15, 0.2) is 30.6 Å². The summed E-state index contributed by atoms with van der Waals surface area (Å²) in [6.07, 6.45) is 2.86. The minimum absolute atomic E-state index is 0.354. The predicted molar refractivity (Wildman–Crippen MR) is 113 cm³/mol. The molecule has 29 heavy (non-hydrogen) atoms. The maximum atomic E-state index is 11.8. The summed E-state index contributed by atoms with van der Waals surface area (Å²) in [6.45, 7) is 3.53. The molecule has 9 nitrogen and oxygen atoms in total. The van der Waals surface area contributed by atoms with Gasteiger partial charge in [-0.2, -0.15) is 9.97 Å². The van der Waals surface area contributed by atoms with Gasteiger partial charge in [0.2, 0.25) is 5.95 Å². The van der Waals surface area contributed by atoms with Crippen molar-refractivity contribution in [3.05, 3.63) is 41.7 Å². The van der Waals surface area contributed by atoms with E-state index in [1.54, 1.807) is 11.2 Å². The third-order valence-electron chi connectivity index (χ3n) is 4.42. The molecule has 3 rings (SSSR count). The number of aromatic nitrogens is 4. The highest BCUT2D eigenvalue weighted by Gasteiger charge is 2.12. The Bertz CT molecular complexity index is 984. The van der Waals surface area contributed by atoms with Crippen LogP contribution in [0.5, 0.6) is 0 Å². The SMILES string of the molecule is Cc1cccc(CNC(=O)OCCCCn2cnc3c(N)nc(N(C)C)nc32)c1. The third-order valence-corrected chi connectivity index (χ3v) is 4.42. The molecule has 3 aromatic rings. The van der Waals surface area contributed by atoms with Gasteiger partial charge in [0.1, 0.15) is 5.52 Å². The number of alkyl carbamates (subject to hydrolysis) is 1. The summed E-state index contributed by atoms with van der Waals surface area (Å²) in [4.78, 5) is 26.7. The number of nitrogens with zero attached hydrogens (tertiary/aromatic N) is 5. The highest BCUT2D eigenvalue weighted by Crippen LogP contribution is 2.19. The second kappa shape index (κ2) is 9.22. The summed E-state index contributed by atoms with van der Waals surface area (Å²) in [6, 6.07) is 8.00. The summed E-state index contributed by atoms with van der Waals surface area (Å²) in [5, 5.41) is 2.77. The molecule has 2 heterocycles. The summed E-state index contributed by atoms with van der Waals surface area (Å²) >= 11 is 0. The number of carbonyl (C=O) groups excluding carboxylic acids is 1. The van der Waals surface area contributed by atoms with E-state index in [-0.39, 0.29) is 0 Å². The van der Waals surface area contributed by atoms with Gasteiger partial charge in [0.25, 0.3) is 0 Å². The lowest BCUT2D eigenvalue weighted by atomic mass is 10.1. The molecule has 1 aromatic carbocycles. The van der Waals surface area contributed by atoms with Gasteiger partial charge in [-0.05, 0) is 25.3 Å². The normalized spacial score (nSPS) is 10.9. The van der Waals surface area contributed by atoms with Crippen molar-refractivity contribution in [2.75, 3.05) is 31.3 Å². The molecule has 0 atom stereocenters. The van der Waals surface area contributed by atoms with Crippen molar-refractivity contribution in [1.82, 2.24) is 24.8 Å². The second-order valence-electron chi connectivity index (χ2n) is 7.10. The van der Waals surface area contributed by atoms with Gasteiger partial charge >= 0.3 is 6.09 Å². The quantitative estimate of drug-likeness (QED) is 0.562. The van der Waals surface area contributed by atoms with Crippen molar-refractivity contribution in [2.24, 2.45) is 0 Å². The van der Waals surface area contributed by atoms with Crippen LogP contribution in [0.4, 0.5) is 16.6 Å². The number of nitrogens with one attached hydrogen (secondary N) is 1. The third kappa shape index (κ3) is 5.34. The number of imidazole rings is 1. The van der Waals surface area contributed by atoms with E-state index in [0.717, 1.165) is 24.0 Å². The minimum atomic E-state index is -0.407. The highest BCUT2D eigenvalue weighted by atomic mass is 16.5. The summed E-state index contributed by atoms with van der Waals surface area (Å²) in [7, 11) is 3.73. The molecule has 0 spiro atoms. The first-order valence-corrected chi connectivity index (χ1v) is 9.56. The number of anilines is 2. The molecule has 0 saturated carbocycles. The van der Waals surface area contributed by atoms with Gasteiger partial charge in [-0.3, -0.25) is 0 Å². The average molecular weight is 397 g/mol. The maximum absolute atomic E-state index is 11.8. The monoisotopic (exact) mass is 397 g/mol. The van der Waals surface area contributed by atoms with Crippen LogP contribution in [0.25, 0.3) is 11.2 Å². The van der Waals surface area contributed by atoms with Gasteiger partial charge in [-0.25, -0.2) is 9.78 Å². The van der Waals surface area contributed by atoms with Crippen LogP contribution in [-0.2, 0) is 17.8 Å². The molecule has 0 aliphatic heterocycles. The van der Waals surface area contributed by atoms with Crippen molar-refractivity contribution < 1.29 is 9.53 Å². The van der Waals surface area contributed by atoms with Crippen LogP contribution in [0.3, 0.4) is 0 Å². The van der Waals surface area contributed by atoms with Gasteiger partial charge < -0.3 is 25.3 Å². The number of benzene rings is 1. The molecule has 0 aliphatic carbocycles. The average Bonchev–Trinajstić information content (AvgIpc) is 3.10. The summed E-state index contributed by atoms with van der Waals surface area (Å²) in [5.41, 5.74) is 9.49. The summed E-state index contributed by atoms with van der Waals surface area (Å²) in [5.74, 6) is 0.913. The van der Waals surface area contributed by atoms with Crippen LogP contribution in [0, 0.1) is 6.92 Å². The zero-order valence-electron chi connectivity index (χ0n) is 17.1. The molecule has 9 heteroatoms. The number of rotatable bonds is 8. The van der Waals surface area contributed by atoms with Crippen molar-refractivity contribution in [1.29, 1.82) is 0 Å². The Morgan fingerprint density at radius 3 is 2.86 bits per heavy atom. The Balaban J connectivity index is 1.43. The van der Waals surface area contributed by atoms with E-state index in [1.165, 1.54) is 0 Å². The van der Waals surface area contributed by atoms with Gasteiger partial charge in [0.05, 0.1) is 12.9 Å². The fourth-order valence-electron chi connectivity index (χ4n) is 2.91. The van der Waals surface area contributed by atoms with Crippen molar-refractivity contribution in [3.63, 3.8) is 0 Å². The standard InChI is InChI=1S/C20H27N7O2/c1-14-7-6-8-15(11-14)12-22-20(28)29-10-5-4-9-27-13-23-16-17(21)24-19(26(2)3)25-18(16)27/h6-8,11,13H,4-5,9-10,12H2,1-3H3,(H,22,28)(H2,21,24,25). The smallest absolute Gasteiger partial charge is 0.407 e. The maximum Gasteiger partial charge on any atom is 0.407 e. The predicted octanol–water partition coefficient (Wildman–Crippen LogP) is 2.49. The molecular weight excluding hydrogens is 370 g/mol. The van der Waals surface area contributed by atoms with E-state index < -0.39 is 6.09 Å². The number of amides is 1. The lowest BCUT2D eigenvalue weighted by Gasteiger charge is -2.11. The number of unbranched alkanes of at least 4 members (excludes halogenated alkanes) is 1. The molecule has 0 fully saturated rings. The van der Waals surface area contributed by atoms with Crippen LogP contribution in [0.1, 0.15) is 24.0 Å². The lowest BCUT2D eigenvalue weighted by Crippen LogP contribution is -2.24. The van der Waals surface area contributed by atoms with E-state index in [4.69, 9.17) is 10.5 Å². The number of ether oxygens (including phenoxy) is 1. The summed E-state index contributed by atoms with van der Waals surface area (Å²) < 4.78 is 7.19. The van der Waals surface area contributed by atoms with Crippen LogP contribution < -0.4 is 16.0 Å². The number of nitrogen functional groups attached to an aromatic ring is 1. The number of hydrogen-bond donors (Lipinski definition) is 2. The zero-order valence-corrected chi connectivity index (χ0v) is 17.1. The highest BCUT2D eigenvalue weighted by molar-refractivity contribution is 5.82. The molecule has 0 bridgehead atoms. The van der Waals surface area contributed by atoms with Gasteiger partial charge in [0.15, 0.2) is 11.5 Å². The molecule has 0 unspecified atom stereocenters. The van der Waals surface area contributed by atoms with E-state index in [2.05, 4.69) is 20.3 Å². The Morgan fingerprint density at radius 1 is 1.28 bits per heavy atom. The second-order valence-corrected chi connectivity index (χ2v) is 7.10. The Morgan fingerprint density at radius 2 is 2.10 bits per heavy atom. The molecule has 2 aromatic heterocycles. The van der Waals surface area contributed by atoms with E-state index in [1.807, 2.05) is 49.9 Å². The Kier molecular flexibility index (Phi) is 6.48. The van der Waals surface area contributed by atoms with Crippen molar-refractivity contribution in [3.8, 4) is 0 Å². The fourth-order valence-corrected chi connectivity index (χ4v) is 2.91. The molecule has 3 N–H and O–H groups in total. The van der Waals surface area contributed by atoms with Gasteiger partial charge in [-0.15, -0.1) is 0 Å². The first-order chi connectivity index (χ1) is 13.9. The van der Waals surface area contributed by atoms with Gasteiger partial charge in [-0.1, -0.05) is 29.8 Å². The van der Waals surface area contributed by atoms with Gasteiger partial charge in [0, 0.05) is 27.2 Å². The Hall–Kier alpha value is -3.36. The number of aryl methyl sites for hydroxylation is 2. The first-order valence-electron chi connectivity index (χ1n) is 9.56. The van der Waals surface area contributed by atoms with E-state index in [0.29, 0.717) is 42.6 Å². The molecular formula is C20H27N7O2. The Labute approximate surface area is 169 Å². The van der Waals surface area contributed by atoms with Crippen LogP contribution in [-0.4, -0.2) is 46.3 Å². The largest absolute Gasteiger partial charge is 0.450 e. The molecule has 1 amide bonds. The topological polar surface area (TPSA) is 111 Å². The number of nitrogens with two attached hydrogens (primary N) is 1. The minimum Gasteiger partial charge on any atom is -0.450 e. The molecule has 154 valence electrons. The number of carbonyl (C=O) groups is 1. The lowest BCUT2D eigenvalue weighted by molar-refractivity contribution is 0.143. The first kappa shape index (κ1) is 20.4. The molecule has 0 radical (unpaired) electrons.